The molecule has 0 aliphatic rings. The van der Waals surface area contributed by atoms with Crippen LogP contribution < -0.4 is 0 Å². The first kappa shape index (κ1) is 62.1. The molecule has 0 saturated carbocycles. The van der Waals surface area contributed by atoms with Crippen molar-refractivity contribution in [2.75, 3.05) is 13.2 Å². The van der Waals surface area contributed by atoms with Crippen LogP contribution in [0.15, 0.2) is 60.8 Å². The standard InChI is InChI=1S/C59H104O6/c1-4-7-10-13-16-19-22-24-26-27-28-29-30-31-32-33-34-36-37-40-43-46-49-52-58(61)64-55-56(54-63-57(60)51-48-45-42-39-21-18-15-12-9-6-3)65-59(62)53-50-47-44-41-38-35-25-23-20-17-14-11-8-5-2/h7,10,16,19,23-26,28-29,56H,4-6,8-9,11-15,17-18,20-22,27,30-55H2,1-3H3/b10-7-,19-16-,25-23-,26-24-,29-28-. The Morgan fingerprint density at radius 1 is 0.323 bits per heavy atom. The number of allylic oxidation sites excluding steroid dienone is 10. The minimum Gasteiger partial charge on any atom is -0.462 e. The predicted octanol–water partition coefficient (Wildman–Crippen LogP) is 18.4. The van der Waals surface area contributed by atoms with Gasteiger partial charge in [-0.15, -0.1) is 0 Å². The normalized spacial score (nSPS) is 12.5. The average molecular weight is 909 g/mol. The zero-order valence-corrected chi connectivity index (χ0v) is 43.0. The summed E-state index contributed by atoms with van der Waals surface area (Å²) in [5, 5.41) is 0. The maximum Gasteiger partial charge on any atom is 0.306 e. The molecule has 0 fully saturated rings. The summed E-state index contributed by atoms with van der Waals surface area (Å²) in [7, 11) is 0. The van der Waals surface area contributed by atoms with Gasteiger partial charge in [-0.05, 0) is 83.5 Å². The van der Waals surface area contributed by atoms with Gasteiger partial charge >= 0.3 is 17.9 Å². The Morgan fingerprint density at radius 2 is 0.600 bits per heavy atom. The molecule has 0 bridgehead atoms. The summed E-state index contributed by atoms with van der Waals surface area (Å²) in [4.78, 5) is 38.0. The van der Waals surface area contributed by atoms with Crippen molar-refractivity contribution in [1.82, 2.24) is 0 Å². The second-order valence-electron chi connectivity index (χ2n) is 18.5. The zero-order chi connectivity index (χ0) is 47.2. The Kier molecular flexibility index (Phi) is 51.3. The van der Waals surface area contributed by atoms with Gasteiger partial charge in [-0.1, -0.05) is 236 Å². The first-order valence-electron chi connectivity index (χ1n) is 27.8. The summed E-state index contributed by atoms with van der Waals surface area (Å²) in [6, 6.07) is 0. The van der Waals surface area contributed by atoms with E-state index in [9.17, 15) is 14.4 Å². The summed E-state index contributed by atoms with van der Waals surface area (Å²) in [6.45, 7) is 6.51. The van der Waals surface area contributed by atoms with Gasteiger partial charge in [0.05, 0.1) is 0 Å². The Bertz CT molecular complexity index is 1180. The number of carbonyl (C=O) groups is 3. The van der Waals surface area contributed by atoms with Gasteiger partial charge in [0.2, 0.25) is 0 Å². The monoisotopic (exact) mass is 909 g/mol. The third-order valence-corrected chi connectivity index (χ3v) is 12.0. The Morgan fingerprint density at radius 3 is 0.954 bits per heavy atom. The molecule has 6 heteroatoms. The van der Waals surface area contributed by atoms with E-state index in [4.69, 9.17) is 14.2 Å². The molecule has 0 aromatic carbocycles. The smallest absolute Gasteiger partial charge is 0.306 e. The number of ether oxygens (including phenoxy) is 3. The van der Waals surface area contributed by atoms with Crippen LogP contribution in [0.3, 0.4) is 0 Å². The molecule has 376 valence electrons. The molecule has 0 spiro atoms. The number of carbonyl (C=O) groups excluding carboxylic acids is 3. The van der Waals surface area contributed by atoms with Crippen molar-refractivity contribution in [2.24, 2.45) is 0 Å². The first-order chi connectivity index (χ1) is 32.0. The molecule has 0 aliphatic heterocycles. The van der Waals surface area contributed by atoms with E-state index in [0.717, 1.165) is 96.3 Å². The maximum absolute atomic E-state index is 12.8. The van der Waals surface area contributed by atoms with Crippen LogP contribution in [-0.2, 0) is 28.6 Å². The zero-order valence-electron chi connectivity index (χ0n) is 43.0. The van der Waals surface area contributed by atoms with E-state index in [2.05, 4.69) is 81.5 Å². The van der Waals surface area contributed by atoms with Crippen molar-refractivity contribution < 1.29 is 28.6 Å². The Labute approximate surface area is 402 Å². The average Bonchev–Trinajstić information content (AvgIpc) is 3.30. The summed E-state index contributed by atoms with van der Waals surface area (Å²) in [6.07, 6.45) is 66.4. The van der Waals surface area contributed by atoms with Crippen molar-refractivity contribution in [1.29, 1.82) is 0 Å². The van der Waals surface area contributed by atoms with Crippen LogP contribution in [0, 0.1) is 0 Å². The highest BCUT2D eigenvalue weighted by atomic mass is 16.6. The summed E-state index contributed by atoms with van der Waals surface area (Å²) < 4.78 is 16.8. The van der Waals surface area contributed by atoms with Crippen LogP contribution in [0.2, 0.25) is 0 Å². The largest absolute Gasteiger partial charge is 0.462 e. The van der Waals surface area contributed by atoms with Gasteiger partial charge in [0.25, 0.3) is 0 Å². The quantitative estimate of drug-likeness (QED) is 0.0262. The molecule has 0 radical (unpaired) electrons. The summed E-state index contributed by atoms with van der Waals surface area (Å²) >= 11 is 0. The lowest BCUT2D eigenvalue weighted by atomic mass is 10.1. The first-order valence-corrected chi connectivity index (χ1v) is 27.8. The maximum atomic E-state index is 12.8. The van der Waals surface area contributed by atoms with E-state index in [1.807, 2.05) is 0 Å². The lowest BCUT2D eigenvalue weighted by Crippen LogP contribution is -2.30. The van der Waals surface area contributed by atoms with Crippen molar-refractivity contribution in [2.45, 2.75) is 284 Å². The molecule has 65 heavy (non-hydrogen) atoms. The van der Waals surface area contributed by atoms with E-state index in [-0.39, 0.29) is 31.1 Å². The van der Waals surface area contributed by atoms with Crippen LogP contribution >= 0.6 is 0 Å². The van der Waals surface area contributed by atoms with Gasteiger partial charge in [-0.2, -0.15) is 0 Å². The molecule has 1 atom stereocenters. The molecule has 0 aromatic rings. The summed E-state index contributed by atoms with van der Waals surface area (Å²) in [5.74, 6) is -0.883. The minimum atomic E-state index is -0.777. The fourth-order valence-electron chi connectivity index (χ4n) is 7.84. The molecule has 0 aliphatic carbocycles. The fraction of sp³-hybridized carbons (Fsp3) is 0.780. The molecule has 0 N–H and O–H groups in total. The number of hydrogen-bond acceptors (Lipinski definition) is 6. The molecule has 1 unspecified atom stereocenters. The molecule has 0 heterocycles. The highest BCUT2D eigenvalue weighted by Gasteiger charge is 2.19. The van der Waals surface area contributed by atoms with Gasteiger partial charge in [-0.3, -0.25) is 14.4 Å². The van der Waals surface area contributed by atoms with Crippen LogP contribution in [0.5, 0.6) is 0 Å². The van der Waals surface area contributed by atoms with Crippen molar-refractivity contribution in [3.63, 3.8) is 0 Å². The van der Waals surface area contributed by atoms with Crippen LogP contribution in [-0.4, -0.2) is 37.2 Å². The second kappa shape index (κ2) is 53.7. The third-order valence-electron chi connectivity index (χ3n) is 12.0. The Hall–Kier alpha value is -2.89. The van der Waals surface area contributed by atoms with Gasteiger partial charge in [0, 0.05) is 19.3 Å². The van der Waals surface area contributed by atoms with Gasteiger partial charge in [0.1, 0.15) is 13.2 Å². The lowest BCUT2D eigenvalue weighted by Gasteiger charge is -2.18. The van der Waals surface area contributed by atoms with E-state index < -0.39 is 6.10 Å². The van der Waals surface area contributed by atoms with Crippen molar-refractivity contribution in [3.8, 4) is 0 Å². The number of esters is 3. The van der Waals surface area contributed by atoms with Crippen LogP contribution in [0.1, 0.15) is 278 Å². The number of rotatable bonds is 50. The number of hydrogen-bond donors (Lipinski definition) is 0. The topological polar surface area (TPSA) is 78.9 Å². The SMILES string of the molecule is CC/C=C\C/C=C\C/C=C\C/C=C\CCCCCCCCCCCCC(=O)OCC(COC(=O)CCCCCCCCCCCC)OC(=O)CCCCCCC/C=C\CCCCCCC. The third kappa shape index (κ3) is 51.9. The van der Waals surface area contributed by atoms with Gasteiger partial charge in [0.15, 0.2) is 6.10 Å². The van der Waals surface area contributed by atoms with Crippen LogP contribution in [0.25, 0.3) is 0 Å². The molecule has 0 rings (SSSR count). The molecular formula is C59H104O6. The fourth-order valence-corrected chi connectivity index (χ4v) is 7.84. The second-order valence-corrected chi connectivity index (χ2v) is 18.5. The van der Waals surface area contributed by atoms with Crippen molar-refractivity contribution >= 4 is 17.9 Å². The van der Waals surface area contributed by atoms with E-state index in [0.29, 0.717) is 19.3 Å². The van der Waals surface area contributed by atoms with Gasteiger partial charge < -0.3 is 14.2 Å². The summed E-state index contributed by atoms with van der Waals surface area (Å²) in [5.41, 5.74) is 0. The van der Waals surface area contributed by atoms with Gasteiger partial charge in [-0.25, -0.2) is 0 Å². The van der Waals surface area contributed by atoms with Crippen molar-refractivity contribution in [3.05, 3.63) is 60.8 Å². The highest BCUT2D eigenvalue weighted by molar-refractivity contribution is 5.71. The molecule has 0 aromatic heterocycles. The predicted molar refractivity (Wildman–Crippen MR) is 279 cm³/mol. The van der Waals surface area contributed by atoms with E-state index in [1.165, 1.54) is 141 Å². The van der Waals surface area contributed by atoms with E-state index >= 15 is 0 Å². The molecule has 0 amide bonds. The highest BCUT2D eigenvalue weighted by Crippen LogP contribution is 2.15. The Balaban J connectivity index is 4.27. The van der Waals surface area contributed by atoms with E-state index in [1.54, 1.807) is 0 Å². The lowest BCUT2D eigenvalue weighted by molar-refractivity contribution is -0.167. The molecule has 6 nitrogen and oxygen atoms in total. The van der Waals surface area contributed by atoms with Crippen LogP contribution in [0.4, 0.5) is 0 Å². The number of unbranched alkanes of at least 4 members (excludes halogenated alkanes) is 29. The minimum absolute atomic E-state index is 0.0762. The molecular weight excluding hydrogens is 805 g/mol. The molecule has 0 saturated heterocycles.